The van der Waals surface area contributed by atoms with E-state index >= 15 is 0 Å². The fourth-order valence-electron chi connectivity index (χ4n) is 2.52. The summed E-state index contributed by atoms with van der Waals surface area (Å²) in [6.45, 7) is 6.81. The first-order valence-corrected chi connectivity index (χ1v) is 6.44. The second kappa shape index (κ2) is 4.91. The van der Waals surface area contributed by atoms with Crippen LogP contribution < -0.4 is 4.74 Å². The Morgan fingerprint density at radius 3 is 2.82 bits per heavy atom. The molecule has 1 aromatic carbocycles. The van der Waals surface area contributed by atoms with Crippen molar-refractivity contribution in [2.75, 3.05) is 6.61 Å². The Bertz CT molecular complexity index is 447. The number of aryl methyl sites for hydroxylation is 1. The second-order valence-electron chi connectivity index (χ2n) is 4.76. The molecule has 0 aromatic heterocycles. The molecule has 2 nitrogen and oxygen atoms in total. The van der Waals surface area contributed by atoms with Crippen LogP contribution in [0, 0.1) is 13.8 Å². The molecule has 0 unspecified atom stereocenters. The lowest BCUT2D eigenvalue weighted by Gasteiger charge is -2.16. The largest absolute Gasteiger partial charge is 0.493 e. The summed E-state index contributed by atoms with van der Waals surface area (Å²) in [5.74, 6) is 1.25. The van der Waals surface area contributed by atoms with Gasteiger partial charge in [-0.3, -0.25) is 4.79 Å². The van der Waals surface area contributed by atoms with Gasteiger partial charge in [0.05, 0.1) is 6.61 Å². The Kier molecular flexibility index (Phi) is 3.51. The summed E-state index contributed by atoms with van der Waals surface area (Å²) in [5, 5.41) is 0. The predicted octanol–water partition coefficient (Wildman–Crippen LogP) is 3.61. The lowest BCUT2D eigenvalue weighted by Crippen LogP contribution is -2.06. The van der Waals surface area contributed by atoms with Crippen LogP contribution in [0.3, 0.4) is 0 Å². The van der Waals surface area contributed by atoms with E-state index in [-0.39, 0.29) is 5.78 Å². The number of fused-ring (bicyclic) bond motifs is 1. The number of carbonyl (C=O) groups excluding carboxylic acids is 1. The third-order valence-corrected chi connectivity index (χ3v) is 3.54. The minimum absolute atomic E-state index is 0.234. The molecule has 1 aliphatic rings. The van der Waals surface area contributed by atoms with Gasteiger partial charge < -0.3 is 4.74 Å². The van der Waals surface area contributed by atoms with Gasteiger partial charge in [-0.25, -0.2) is 0 Å². The highest BCUT2D eigenvalue weighted by Gasteiger charge is 2.19. The van der Waals surface area contributed by atoms with E-state index in [2.05, 4.69) is 6.92 Å². The van der Waals surface area contributed by atoms with Gasteiger partial charge in [0, 0.05) is 12.0 Å². The molecule has 0 saturated heterocycles. The Morgan fingerprint density at radius 2 is 2.12 bits per heavy atom. The molecule has 0 saturated carbocycles. The zero-order valence-corrected chi connectivity index (χ0v) is 10.9. The van der Waals surface area contributed by atoms with Gasteiger partial charge in [-0.2, -0.15) is 0 Å². The van der Waals surface area contributed by atoms with Crippen molar-refractivity contribution in [1.82, 2.24) is 0 Å². The van der Waals surface area contributed by atoms with Crippen molar-refractivity contribution in [3.05, 3.63) is 28.3 Å². The van der Waals surface area contributed by atoms with E-state index in [9.17, 15) is 4.79 Å². The van der Waals surface area contributed by atoms with Gasteiger partial charge >= 0.3 is 0 Å². The van der Waals surface area contributed by atoms with Crippen LogP contribution >= 0.6 is 0 Å². The van der Waals surface area contributed by atoms with Crippen LogP contribution in [0.25, 0.3) is 0 Å². The van der Waals surface area contributed by atoms with Crippen molar-refractivity contribution < 1.29 is 9.53 Å². The maximum Gasteiger partial charge on any atom is 0.162 e. The zero-order valence-electron chi connectivity index (χ0n) is 10.9. The van der Waals surface area contributed by atoms with Crippen molar-refractivity contribution >= 4 is 5.78 Å². The molecule has 0 fully saturated rings. The number of carbonyl (C=O) groups is 1. The van der Waals surface area contributed by atoms with E-state index in [0.717, 1.165) is 48.3 Å². The van der Waals surface area contributed by atoms with Crippen LogP contribution in [0.1, 0.15) is 53.2 Å². The topological polar surface area (TPSA) is 26.3 Å². The summed E-state index contributed by atoms with van der Waals surface area (Å²) in [6, 6.07) is 1.99. The number of hydrogen-bond donors (Lipinski definition) is 0. The Labute approximate surface area is 103 Å². The smallest absolute Gasteiger partial charge is 0.162 e. The fourth-order valence-corrected chi connectivity index (χ4v) is 2.52. The summed E-state index contributed by atoms with van der Waals surface area (Å²) >= 11 is 0. The molecule has 0 spiro atoms. The molecule has 1 heterocycles. The van der Waals surface area contributed by atoms with Crippen molar-refractivity contribution in [2.45, 2.75) is 46.5 Å². The number of ketones is 1. The molecular formula is C15H20O2. The lowest BCUT2D eigenvalue weighted by atomic mass is 9.92. The molecule has 2 rings (SSSR count). The van der Waals surface area contributed by atoms with Crippen molar-refractivity contribution in [1.29, 1.82) is 0 Å². The average Bonchev–Trinajstić information content (AvgIpc) is 2.58. The standard InChI is InChI=1S/C15H20O2/c1-4-14(16)13-9-10(2)15-12(11(13)3)7-5-6-8-17-15/h9H,4-8H2,1-3H3. The zero-order chi connectivity index (χ0) is 12.4. The summed E-state index contributed by atoms with van der Waals surface area (Å²) in [6.07, 6.45) is 3.86. The number of hydrogen-bond acceptors (Lipinski definition) is 2. The van der Waals surface area contributed by atoms with Crippen LogP contribution in [-0.4, -0.2) is 12.4 Å². The van der Waals surface area contributed by atoms with E-state index in [4.69, 9.17) is 4.74 Å². The highest BCUT2D eigenvalue weighted by Crippen LogP contribution is 2.33. The van der Waals surface area contributed by atoms with Crippen LogP contribution in [0.15, 0.2) is 6.07 Å². The molecule has 0 atom stereocenters. The molecule has 0 bridgehead atoms. The maximum atomic E-state index is 11.9. The van der Waals surface area contributed by atoms with Gasteiger partial charge in [0.25, 0.3) is 0 Å². The second-order valence-corrected chi connectivity index (χ2v) is 4.76. The first-order chi connectivity index (χ1) is 8.15. The Hall–Kier alpha value is -1.31. The molecular weight excluding hydrogens is 212 g/mol. The molecule has 92 valence electrons. The van der Waals surface area contributed by atoms with Crippen LogP contribution in [0.4, 0.5) is 0 Å². The maximum absolute atomic E-state index is 11.9. The van der Waals surface area contributed by atoms with Crippen LogP contribution in [0.5, 0.6) is 5.75 Å². The highest BCUT2D eigenvalue weighted by atomic mass is 16.5. The van der Waals surface area contributed by atoms with Gasteiger partial charge in [0.15, 0.2) is 5.78 Å². The minimum atomic E-state index is 0.234. The molecule has 0 amide bonds. The normalized spacial score (nSPS) is 14.8. The third kappa shape index (κ3) is 2.21. The summed E-state index contributed by atoms with van der Waals surface area (Å²) in [5.41, 5.74) is 4.36. The van der Waals surface area contributed by atoms with E-state index < -0.39 is 0 Å². The summed E-state index contributed by atoms with van der Waals surface area (Å²) < 4.78 is 5.82. The molecule has 0 radical (unpaired) electrons. The summed E-state index contributed by atoms with van der Waals surface area (Å²) in [4.78, 5) is 11.9. The van der Waals surface area contributed by atoms with E-state index in [1.165, 1.54) is 5.56 Å². The monoisotopic (exact) mass is 232 g/mol. The molecule has 17 heavy (non-hydrogen) atoms. The van der Waals surface area contributed by atoms with Crippen LogP contribution in [-0.2, 0) is 6.42 Å². The van der Waals surface area contributed by atoms with Gasteiger partial charge in [0.2, 0.25) is 0 Å². The van der Waals surface area contributed by atoms with E-state index in [1.807, 2.05) is 19.9 Å². The third-order valence-electron chi connectivity index (χ3n) is 3.54. The lowest BCUT2D eigenvalue weighted by molar-refractivity contribution is 0.0987. The highest BCUT2D eigenvalue weighted by molar-refractivity contribution is 5.98. The quantitative estimate of drug-likeness (QED) is 0.728. The van der Waals surface area contributed by atoms with Gasteiger partial charge in [-0.1, -0.05) is 6.92 Å². The van der Waals surface area contributed by atoms with Crippen LogP contribution in [0.2, 0.25) is 0 Å². The van der Waals surface area contributed by atoms with Crippen molar-refractivity contribution in [3.63, 3.8) is 0 Å². The Balaban J connectivity index is 2.56. The summed E-state index contributed by atoms with van der Waals surface area (Å²) in [7, 11) is 0. The molecule has 0 N–H and O–H groups in total. The van der Waals surface area contributed by atoms with Gasteiger partial charge in [-0.05, 0) is 55.9 Å². The van der Waals surface area contributed by atoms with Crippen molar-refractivity contribution in [3.8, 4) is 5.75 Å². The average molecular weight is 232 g/mol. The minimum Gasteiger partial charge on any atom is -0.493 e. The SMILES string of the molecule is CCC(=O)c1cc(C)c2c(c1C)CCCCO2. The predicted molar refractivity (Wildman–Crippen MR) is 69.0 cm³/mol. The molecule has 2 heteroatoms. The van der Waals surface area contributed by atoms with Gasteiger partial charge in [-0.15, -0.1) is 0 Å². The number of benzene rings is 1. The number of Topliss-reactive ketones (excluding diaryl/α,β-unsaturated/α-hetero) is 1. The molecule has 1 aliphatic heterocycles. The Morgan fingerprint density at radius 1 is 1.35 bits per heavy atom. The first kappa shape index (κ1) is 12.2. The first-order valence-electron chi connectivity index (χ1n) is 6.44. The number of rotatable bonds is 2. The van der Waals surface area contributed by atoms with Gasteiger partial charge in [0.1, 0.15) is 5.75 Å². The van der Waals surface area contributed by atoms with Crippen molar-refractivity contribution in [2.24, 2.45) is 0 Å². The fraction of sp³-hybridized carbons (Fsp3) is 0.533. The number of ether oxygens (including phenoxy) is 1. The van der Waals surface area contributed by atoms with E-state index in [0.29, 0.717) is 6.42 Å². The molecule has 0 aliphatic carbocycles. The van der Waals surface area contributed by atoms with E-state index in [1.54, 1.807) is 0 Å². The molecule has 1 aromatic rings.